The summed E-state index contributed by atoms with van der Waals surface area (Å²) in [6.45, 7) is 6.42. The molecule has 0 saturated carbocycles. The number of Topliss-reactive ketones (excluding diaryl/α,β-unsaturated/α-hetero) is 1. The van der Waals surface area contributed by atoms with Crippen LogP contribution in [0.25, 0.3) is 0 Å². The van der Waals surface area contributed by atoms with Crippen molar-refractivity contribution < 1.29 is 28.3 Å². The fraction of sp³-hybridized carbons (Fsp3) is 0.500. The largest absolute Gasteiger partial charge is 0.453 e. The molecule has 0 heterocycles. The molecule has 1 aromatic rings. The molecule has 1 amide bonds. The van der Waals surface area contributed by atoms with E-state index < -0.39 is 25.1 Å². The number of ether oxygens (including phenoxy) is 1. The van der Waals surface area contributed by atoms with E-state index in [9.17, 15) is 19.0 Å². The highest BCUT2D eigenvalue weighted by Crippen LogP contribution is 2.38. The van der Waals surface area contributed by atoms with Gasteiger partial charge in [0, 0.05) is 12.1 Å². The van der Waals surface area contributed by atoms with Gasteiger partial charge in [-0.1, -0.05) is 32.9 Å². The molecule has 8 heteroatoms. The van der Waals surface area contributed by atoms with Gasteiger partial charge in [0.15, 0.2) is 5.78 Å². The van der Waals surface area contributed by atoms with Crippen molar-refractivity contribution in [1.29, 1.82) is 0 Å². The first-order valence-electron chi connectivity index (χ1n) is 7.40. The standard InChI is InChI=1S/C16H24NO6P/c1-16(2,3)14(18)13(17-15(19)22-4)10-11-6-8-12(9-7-11)23-24(5,20)21/h6-9,13H,10H2,1-5H3,(H,17,19)(H,20,21)/t13-/m0/s1. The van der Waals surface area contributed by atoms with E-state index >= 15 is 0 Å². The third-order valence-electron chi connectivity index (χ3n) is 3.17. The Bertz CT molecular complexity index is 629. The van der Waals surface area contributed by atoms with Gasteiger partial charge in [0.25, 0.3) is 0 Å². The number of ketones is 1. The van der Waals surface area contributed by atoms with Crippen LogP contribution < -0.4 is 9.84 Å². The van der Waals surface area contributed by atoms with Crippen molar-refractivity contribution >= 4 is 19.5 Å². The zero-order valence-electron chi connectivity index (χ0n) is 14.5. The fourth-order valence-corrected chi connectivity index (χ4v) is 2.56. The van der Waals surface area contributed by atoms with E-state index in [1.807, 2.05) is 0 Å². The van der Waals surface area contributed by atoms with Crippen LogP contribution in [0.1, 0.15) is 26.3 Å². The lowest BCUT2D eigenvalue weighted by molar-refractivity contribution is -0.128. The summed E-state index contributed by atoms with van der Waals surface area (Å²) >= 11 is 0. The molecule has 0 aliphatic rings. The van der Waals surface area contributed by atoms with Crippen molar-refractivity contribution in [3.05, 3.63) is 29.8 Å². The minimum Gasteiger partial charge on any atom is -0.453 e. The maximum absolute atomic E-state index is 12.5. The number of carbonyl (C=O) groups excluding carboxylic acids is 2. The monoisotopic (exact) mass is 357 g/mol. The Kier molecular flexibility index (Phi) is 6.58. The van der Waals surface area contributed by atoms with Crippen LogP contribution in [-0.2, 0) is 20.5 Å². The predicted octanol–water partition coefficient (Wildman–Crippen LogP) is 2.76. The average molecular weight is 357 g/mol. The lowest BCUT2D eigenvalue weighted by Crippen LogP contribution is -2.46. The molecule has 0 spiro atoms. The summed E-state index contributed by atoms with van der Waals surface area (Å²) in [5.74, 6) is 0.133. The van der Waals surface area contributed by atoms with Gasteiger partial charge in [-0.25, -0.2) is 9.36 Å². The van der Waals surface area contributed by atoms with Crippen LogP contribution in [0, 0.1) is 5.41 Å². The van der Waals surface area contributed by atoms with Crippen molar-refractivity contribution in [2.24, 2.45) is 5.41 Å². The molecular weight excluding hydrogens is 333 g/mol. The third kappa shape index (κ3) is 6.72. The highest BCUT2D eigenvalue weighted by Gasteiger charge is 2.31. The zero-order chi connectivity index (χ0) is 18.5. The van der Waals surface area contributed by atoms with Crippen LogP contribution in [0.3, 0.4) is 0 Å². The molecule has 2 atom stereocenters. The second-order valence-electron chi connectivity index (χ2n) is 6.55. The Morgan fingerprint density at radius 3 is 2.21 bits per heavy atom. The number of rotatable bonds is 6. The summed E-state index contributed by atoms with van der Waals surface area (Å²) in [4.78, 5) is 33.2. The van der Waals surface area contributed by atoms with Gasteiger partial charge in [-0.05, 0) is 24.1 Å². The Morgan fingerprint density at radius 1 is 1.25 bits per heavy atom. The first kappa shape index (κ1) is 20.2. The molecule has 24 heavy (non-hydrogen) atoms. The number of hydrogen-bond donors (Lipinski definition) is 2. The van der Waals surface area contributed by atoms with E-state index in [-0.39, 0.29) is 18.0 Å². The summed E-state index contributed by atoms with van der Waals surface area (Å²) < 4.78 is 20.7. The maximum atomic E-state index is 12.5. The van der Waals surface area contributed by atoms with Crippen LogP contribution >= 0.6 is 7.60 Å². The predicted molar refractivity (Wildman–Crippen MR) is 90.3 cm³/mol. The molecule has 0 bridgehead atoms. The van der Waals surface area contributed by atoms with Crippen molar-refractivity contribution in [2.75, 3.05) is 13.8 Å². The normalized spacial score (nSPS) is 15.1. The number of benzene rings is 1. The summed E-state index contributed by atoms with van der Waals surface area (Å²) in [5, 5.41) is 2.55. The second-order valence-corrected chi connectivity index (χ2v) is 8.33. The highest BCUT2D eigenvalue weighted by atomic mass is 31.2. The fourth-order valence-electron chi connectivity index (χ4n) is 2.05. The van der Waals surface area contributed by atoms with Crippen molar-refractivity contribution in [3.63, 3.8) is 0 Å². The van der Waals surface area contributed by atoms with E-state index in [0.717, 1.165) is 12.2 Å². The SMILES string of the molecule is COC(=O)N[C@@H](Cc1ccc(OP(C)(=O)O)cc1)C(=O)C(C)(C)C. The highest BCUT2D eigenvalue weighted by molar-refractivity contribution is 7.52. The van der Waals surface area contributed by atoms with E-state index in [2.05, 4.69) is 10.1 Å². The van der Waals surface area contributed by atoms with E-state index in [4.69, 9.17) is 4.52 Å². The Morgan fingerprint density at radius 2 is 1.79 bits per heavy atom. The van der Waals surface area contributed by atoms with Gasteiger partial charge in [-0.3, -0.25) is 4.79 Å². The van der Waals surface area contributed by atoms with Gasteiger partial charge in [0.1, 0.15) is 5.75 Å². The minimum absolute atomic E-state index is 0.123. The lowest BCUT2D eigenvalue weighted by atomic mass is 9.84. The molecular formula is C16H24NO6P. The molecule has 1 rings (SSSR count). The molecule has 0 aliphatic carbocycles. The van der Waals surface area contributed by atoms with Crippen molar-refractivity contribution in [1.82, 2.24) is 5.32 Å². The van der Waals surface area contributed by atoms with Crippen molar-refractivity contribution in [2.45, 2.75) is 33.2 Å². The summed E-state index contributed by atoms with van der Waals surface area (Å²) in [7, 11) is -2.38. The van der Waals surface area contributed by atoms with E-state index in [1.165, 1.54) is 7.11 Å². The van der Waals surface area contributed by atoms with Gasteiger partial charge in [-0.15, -0.1) is 0 Å². The molecule has 2 N–H and O–H groups in total. The van der Waals surface area contributed by atoms with Crippen LogP contribution in [-0.4, -0.2) is 36.6 Å². The van der Waals surface area contributed by atoms with Crippen molar-refractivity contribution in [3.8, 4) is 5.75 Å². The number of nitrogens with one attached hydrogen (secondary N) is 1. The van der Waals surface area contributed by atoms with E-state index in [1.54, 1.807) is 45.0 Å². The molecule has 1 unspecified atom stereocenters. The summed E-state index contributed by atoms with van der Waals surface area (Å²) in [6, 6.07) is 5.69. The number of methoxy groups -OCH3 is 1. The van der Waals surface area contributed by atoms with Gasteiger partial charge in [-0.2, -0.15) is 0 Å². The maximum Gasteiger partial charge on any atom is 0.407 e. The molecule has 0 radical (unpaired) electrons. The zero-order valence-corrected chi connectivity index (χ0v) is 15.4. The van der Waals surface area contributed by atoms with Crippen LogP contribution in [0.4, 0.5) is 4.79 Å². The van der Waals surface area contributed by atoms with Gasteiger partial charge >= 0.3 is 13.7 Å². The van der Waals surface area contributed by atoms with Gasteiger partial charge in [0.2, 0.25) is 0 Å². The first-order chi connectivity index (χ1) is 10.9. The molecule has 0 aliphatic heterocycles. The minimum atomic E-state index is -3.62. The smallest absolute Gasteiger partial charge is 0.407 e. The molecule has 7 nitrogen and oxygen atoms in total. The average Bonchev–Trinajstić information content (AvgIpc) is 2.45. The second kappa shape index (κ2) is 7.81. The topological polar surface area (TPSA) is 102 Å². The number of hydrogen-bond acceptors (Lipinski definition) is 5. The van der Waals surface area contributed by atoms with Gasteiger partial charge in [0.05, 0.1) is 13.2 Å². The summed E-state index contributed by atoms with van der Waals surface area (Å²) in [5.41, 5.74) is 0.144. The lowest BCUT2D eigenvalue weighted by Gasteiger charge is -2.25. The number of carbonyl (C=O) groups is 2. The number of alkyl carbamates (subject to hydrolysis) is 1. The Balaban J connectivity index is 2.91. The van der Waals surface area contributed by atoms with Crippen LogP contribution in [0.15, 0.2) is 24.3 Å². The quantitative estimate of drug-likeness (QED) is 0.759. The molecule has 0 fully saturated rings. The molecule has 134 valence electrons. The number of amides is 1. The molecule has 1 aromatic carbocycles. The molecule has 0 aromatic heterocycles. The van der Waals surface area contributed by atoms with Gasteiger partial charge < -0.3 is 19.5 Å². The molecule has 0 saturated heterocycles. The van der Waals surface area contributed by atoms with E-state index in [0.29, 0.717) is 0 Å². The van der Waals surface area contributed by atoms with Crippen LogP contribution in [0.2, 0.25) is 0 Å². The third-order valence-corrected chi connectivity index (χ3v) is 3.72. The first-order valence-corrected chi connectivity index (χ1v) is 9.42. The Labute approximate surface area is 141 Å². The summed E-state index contributed by atoms with van der Waals surface area (Å²) in [6.07, 6.45) is -0.404. The van der Waals surface area contributed by atoms with Crippen LogP contribution in [0.5, 0.6) is 5.75 Å². The Hall–Kier alpha value is -1.85.